The monoisotopic (exact) mass is 320 g/mol. The maximum Gasteiger partial charge on any atom is 0.266 e. The van der Waals surface area contributed by atoms with E-state index < -0.39 is 5.91 Å². The third kappa shape index (κ3) is 4.02. The van der Waals surface area contributed by atoms with Crippen LogP contribution in [0.2, 0.25) is 0 Å². The summed E-state index contributed by atoms with van der Waals surface area (Å²) in [7, 11) is 0. The SMILES string of the molecule is CCc1ccc(NC(=O)/C(C#N)=C\c2cc(C)c(O)c(C)c2)cc1. The molecule has 0 aliphatic carbocycles. The molecular weight excluding hydrogens is 300 g/mol. The summed E-state index contributed by atoms with van der Waals surface area (Å²) >= 11 is 0. The van der Waals surface area contributed by atoms with Gasteiger partial charge in [0.1, 0.15) is 17.4 Å². The van der Waals surface area contributed by atoms with E-state index in [9.17, 15) is 15.2 Å². The van der Waals surface area contributed by atoms with Crippen molar-refractivity contribution in [3.63, 3.8) is 0 Å². The van der Waals surface area contributed by atoms with Gasteiger partial charge in [-0.05, 0) is 72.9 Å². The van der Waals surface area contributed by atoms with Crippen LogP contribution in [0.15, 0.2) is 42.0 Å². The molecule has 2 rings (SSSR count). The second-order valence-electron chi connectivity index (χ2n) is 5.68. The fourth-order valence-corrected chi connectivity index (χ4v) is 2.41. The van der Waals surface area contributed by atoms with Crippen LogP contribution in [0, 0.1) is 25.2 Å². The fourth-order valence-electron chi connectivity index (χ4n) is 2.41. The number of nitriles is 1. The van der Waals surface area contributed by atoms with E-state index in [0.717, 1.165) is 6.42 Å². The lowest BCUT2D eigenvalue weighted by molar-refractivity contribution is -0.112. The van der Waals surface area contributed by atoms with Gasteiger partial charge in [0.2, 0.25) is 0 Å². The summed E-state index contributed by atoms with van der Waals surface area (Å²) in [5, 5.41) is 21.8. The third-order valence-corrected chi connectivity index (χ3v) is 3.81. The molecule has 0 bridgehead atoms. The summed E-state index contributed by atoms with van der Waals surface area (Å²) < 4.78 is 0. The molecule has 0 aliphatic rings. The van der Waals surface area contributed by atoms with Crippen molar-refractivity contribution in [3.8, 4) is 11.8 Å². The largest absolute Gasteiger partial charge is 0.507 e. The molecule has 0 heterocycles. The Balaban J connectivity index is 2.23. The zero-order valence-electron chi connectivity index (χ0n) is 14.1. The zero-order chi connectivity index (χ0) is 17.7. The Hall–Kier alpha value is -3.06. The van der Waals surface area contributed by atoms with E-state index in [1.54, 1.807) is 26.0 Å². The maximum atomic E-state index is 12.3. The van der Waals surface area contributed by atoms with Gasteiger partial charge in [-0.3, -0.25) is 4.79 Å². The number of carbonyl (C=O) groups excluding carboxylic acids is 1. The quantitative estimate of drug-likeness (QED) is 0.657. The number of phenolic OH excluding ortho intramolecular Hbond substituents is 1. The minimum Gasteiger partial charge on any atom is -0.507 e. The molecule has 2 N–H and O–H groups in total. The summed E-state index contributed by atoms with van der Waals surface area (Å²) in [5.41, 5.74) is 3.95. The van der Waals surface area contributed by atoms with E-state index in [4.69, 9.17) is 0 Å². The van der Waals surface area contributed by atoms with Gasteiger partial charge in [-0.1, -0.05) is 19.1 Å². The lowest BCUT2D eigenvalue weighted by atomic mass is 10.0. The van der Waals surface area contributed by atoms with Gasteiger partial charge in [-0.2, -0.15) is 5.26 Å². The number of amides is 1. The molecule has 0 saturated heterocycles. The van der Waals surface area contributed by atoms with Crippen molar-refractivity contribution in [1.29, 1.82) is 5.26 Å². The molecule has 122 valence electrons. The number of carbonyl (C=O) groups is 1. The molecule has 24 heavy (non-hydrogen) atoms. The number of benzene rings is 2. The number of hydrogen-bond acceptors (Lipinski definition) is 3. The van der Waals surface area contributed by atoms with E-state index >= 15 is 0 Å². The first-order chi connectivity index (χ1) is 11.4. The van der Waals surface area contributed by atoms with Crippen LogP contribution in [0.25, 0.3) is 6.08 Å². The molecule has 0 spiro atoms. The van der Waals surface area contributed by atoms with Crippen molar-refractivity contribution in [1.82, 2.24) is 0 Å². The molecule has 2 aromatic rings. The number of aromatic hydroxyl groups is 1. The maximum absolute atomic E-state index is 12.3. The Bertz CT molecular complexity index is 805. The van der Waals surface area contributed by atoms with Crippen LogP contribution in [-0.2, 0) is 11.2 Å². The molecule has 1 amide bonds. The van der Waals surface area contributed by atoms with Gasteiger partial charge in [-0.15, -0.1) is 0 Å². The highest BCUT2D eigenvalue weighted by molar-refractivity contribution is 6.09. The van der Waals surface area contributed by atoms with Crippen LogP contribution >= 0.6 is 0 Å². The highest BCUT2D eigenvalue weighted by atomic mass is 16.3. The molecule has 0 atom stereocenters. The number of nitrogens with zero attached hydrogens (tertiary/aromatic N) is 1. The highest BCUT2D eigenvalue weighted by Gasteiger charge is 2.10. The van der Waals surface area contributed by atoms with Crippen LogP contribution in [0.5, 0.6) is 5.75 Å². The molecule has 0 fully saturated rings. The number of anilines is 1. The van der Waals surface area contributed by atoms with Gasteiger partial charge in [0, 0.05) is 5.69 Å². The normalized spacial score (nSPS) is 11.0. The Morgan fingerprint density at radius 2 is 1.79 bits per heavy atom. The first-order valence-corrected chi connectivity index (χ1v) is 7.77. The molecular formula is C20H20N2O2. The van der Waals surface area contributed by atoms with Gasteiger partial charge >= 0.3 is 0 Å². The van der Waals surface area contributed by atoms with Crippen molar-refractivity contribution < 1.29 is 9.90 Å². The minimum atomic E-state index is -0.454. The van der Waals surface area contributed by atoms with Crippen molar-refractivity contribution in [2.75, 3.05) is 5.32 Å². The van der Waals surface area contributed by atoms with E-state index in [1.807, 2.05) is 30.3 Å². The molecule has 0 radical (unpaired) electrons. The first kappa shape index (κ1) is 17.3. The Kier molecular flexibility index (Phi) is 5.39. The lowest BCUT2D eigenvalue weighted by Gasteiger charge is -2.07. The van der Waals surface area contributed by atoms with Gasteiger partial charge in [-0.25, -0.2) is 0 Å². The van der Waals surface area contributed by atoms with Crippen LogP contribution in [0.4, 0.5) is 5.69 Å². The second-order valence-corrected chi connectivity index (χ2v) is 5.68. The van der Waals surface area contributed by atoms with E-state index in [1.165, 1.54) is 11.6 Å². The number of nitrogens with one attached hydrogen (secondary N) is 1. The number of aryl methyl sites for hydroxylation is 3. The van der Waals surface area contributed by atoms with Crippen molar-refractivity contribution in [2.45, 2.75) is 27.2 Å². The molecule has 2 aromatic carbocycles. The van der Waals surface area contributed by atoms with E-state index in [-0.39, 0.29) is 11.3 Å². The average molecular weight is 320 g/mol. The van der Waals surface area contributed by atoms with Crippen LogP contribution in [0.1, 0.15) is 29.2 Å². The molecule has 0 aliphatic heterocycles. The topological polar surface area (TPSA) is 73.1 Å². The summed E-state index contributed by atoms with van der Waals surface area (Å²) in [6.45, 7) is 5.62. The van der Waals surface area contributed by atoms with Crippen molar-refractivity contribution in [2.24, 2.45) is 0 Å². The average Bonchev–Trinajstić information content (AvgIpc) is 2.58. The number of phenols is 1. The number of hydrogen-bond donors (Lipinski definition) is 2. The predicted molar refractivity (Wildman–Crippen MR) is 95.6 cm³/mol. The lowest BCUT2D eigenvalue weighted by Crippen LogP contribution is -2.13. The second kappa shape index (κ2) is 7.47. The smallest absolute Gasteiger partial charge is 0.266 e. The van der Waals surface area contributed by atoms with Gasteiger partial charge in [0.05, 0.1) is 0 Å². The third-order valence-electron chi connectivity index (χ3n) is 3.81. The van der Waals surface area contributed by atoms with Crippen LogP contribution in [0.3, 0.4) is 0 Å². The van der Waals surface area contributed by atoms with E-state index in [2.05, 4.69) is 12.2 Å². The van der Waals surface area contributed by atoms with Crippen LogP contribution < -0.4 is 5.32 Å². The Morgan fingerprint density at radius 3 is 2.29 bits per heavy atom. The molecule has 0 aromatic heterocycles. The standard InChI is InChI=1S/C20H20N2O2/c1-4-15-5-7-18(8-6-15)22-20(24)17(12-21)11-16-9-13(2)19(23)14(3)10-16/h5-11,23H,4H2,1-3H3,(H,22,24)/b17-11-. The predicted octanol–water partition coefficient (Wildman–Crippen LogP) is 4.12. The Morgan fingerprint density at radius 1 is 1.21 bits per heavy atom. The fraction of sp³-hybridized carbons (Fsp3) is 0.200. The van der Waals surface area contributed by atoms with Crippen molar-refractivity contribution >= 4 is 17.7 Å². The molecule has 0 saturated carbocycles. The van der Waals surface area contributed by atoms with Gasteiger partial charge < -0.3 is 10.4 Å². The molecule has 4 nitrogen and oxygen atoms in total. The number of rotatable bonds is 4. The first-order valence-electron chi connectivity index (χ1n) is 7.77. The van der Waals surface area contributed by atoms with Gasteiger partial charge in [0.15, 0.2) is 0 Å². The Labute approximate surface area is 142 Å². The summed E-state index contributed by atoms with van der Waals surface area (Å²) in [5.74, 6) is -0.226. The zero-order valence-corrected chi connectivity index (χ0v) is 14.1. The highest BCUT2D eigenvalue weighted by Crippen LogP contribution is 2.24. The molecule has 4 heteroatoms. The van der Waals surface area contributed by atoms with Crippen molar-refractivity contribution in [3.05, 3.63) is 64.2 Å². The van der Waals surface area contributed by atoms with Gasteiger partial charge in [0.25, 0.3) is 5.91 Å². The van der Waals surface area contributed by atoms with Crippen LogP contribution in [-0.4, -0.2) is 11.0 Å². The minimum absolute atomic E-state index is 0.0130. The molecule has 0 unspecified atom stereocenters. The van der Waals surface area contributed by atoms with E-state index in [0.29, 0.717) is 22.4 Å². The summed E-state index contributed by atoms with van der Waals surface area (Å²) in [4.78, 5) is 12.3. The summed E-state index contributed by atoms with van der Waals surface area (Å²) in [6, 6.07) is 12.9. The summed E-state index contributed by atoms with van der Waals surface area (Å²) in [6.07, 6.45) is 2.45.